The van der Waals surface area contributed by atoms with Crippen molar-refractivity contribution in [3.63, 3.8) is 0 Å². The number of rotatable bonds is 1. The predicted octanol–water partition coefficient (Wildman–Crippen LogP) is 3.65. The summed E-state index contributed by atoms with van der Waals surface area (Å²) in [5.74, 6) is 0.716. The maximum absolute atomic E-state index is 5.93. The number of benzene rings is 1. The highest BCUT2D eigenvalue weighted by Crippen LogP contribution is 2.34. The Kier molecular flexibility index (Phi) is 2.45. The van der Waals surface area contributed by atoms with E-state index in [0.717, 1.165) is 11.6 Å². The van der Waals surface area contributed by atoms with Gasteiger partial charge in [0.1, 0.15) is 0 Å². The van der Waals surface area contributed by atoms with Crippen LogP contribution in [0.2, 0.25) is 5.02 Å². The van der Waals surface area contributed by atoms with E-state index in [1.807, 2.05) is 12.1 Å². The summed E-state index contributed by atoms with van der Waals surface area (Å²) in [6, 6.07) is 6.16. The van der Waals surface area contributed by atoms with Gasteiger partial charge >= 0.3 is 0 Å². The molecule has 1 aromatic carbocycles. The van der Waals surface area contributed by atoms with E-state index in [9.17, 15) is 0 Å². The van der Waals surface area contributed by atoms with Crippen molar-refractivity contribution in [2.75, 3.05) is 11.9 Å². The molecule has 1 heterocycles. The highest BCUT2D eigenvalue weighted by Gasteiger charge is 2.17. The third kappa shape index (κ3) is 1.66. The summed E-state index contributed by atoms with van der Waals surface area (Å²) < 4.78 is 0. The van der Waals surface area contributed by atoms with Gasteiger partial charge in [0.2, 0.25) is 0 Å². The Morgan fingerprint density at radius 1 is 1.54 bits per heavy atom. The van der Waals surface area contributed by atoms with E-state index in [2.05, 4.69) is 18.3 Å². The normalized spacial score (nSPS) is 20.6. The summed E-state index contributed by atoms with van der Waals surface area (Å²) in [6.07, 6.45) is 2.46. The molecule has 2 heteroatoms. The Balaban J connectivity index is 2.40. The average molecular weight is 196 g/mol. The molecule has 0 fully saturated rings. The lowest BCUT2D eigenvalue weighted by molar-refractivity contribution is 0.608. The minimum atomic E-state index is 0.716. The Bertz CT molecular complexity index is 309. The second kappa shape index (κ2) is 3.59. The van der Waals surface area contributed by atoms with E-state index in [4.69, 9.17) is 11.6 Å². The quantitative estimate of drug-likeness (QED) is 0.722. The zero-order valence-electron chi connectivity index (χ0n) is 7.81. The topological polar surface area (TPSA) is 12.0 Å². The molecule has 1 aromatic rings. The van der Waals surface area contributed by atoms with E-state index in [1.54, 1.807) is 0 Å². The highest BCUT2D eigenvalue weighted by atomic mass is 35.5. The Morgan fingerprint density at radius 3 is 3.15 bits per heavy atom. The van der Waals surface area contributed by atoms with Crippen LogP contribution in [0.15, 0.2) is 18.2 Å². The van der Waals surface area contributed by atoms with Gasteiger partial charge in [-0.1, -0.05) is 24.6 Å². The second-order valence-corrected chi connectivity index (χ2v) is 3.99. The molecule has 0 saturated heterocycles. The van der Waals surface area contributed by atoms with Gasteiger partial charge in [-0.2, -0.15) is 0 Å². The highest BCUT2D eigenvalue weighted by molar-refractivity contribution is 6.30. The SMILES string of the molecule is CC[C@@H]1CCNc2cc(Cl)ccc21. The van der Waals surface area contributed by atoms with Crippen molar-refractivity contribution < 1.29 is 0 Å². The fourth-order valence-corrected chi connectivity index (χ4v) is 2.17. The molecule has 0 bridgehead atoms. The van der Waals surface area contributed by atoms with Crippen molar-refractivity contribution in [3.8, 4) is 0 Å². The monoisotopic (exact) mass is 195 g/mol. The van der Waals surface area contributed by atoms with Gasteiger partial charge in [0.15, 0.2) is 0 Å². The molecule has 70 valence electrons. The zero-order valence-corrected chi connectivity index (χ0v) is 8.56. The van der Waals surface area contributed by atoms with Crippen LogP contribution < -0.4 is 5.32 Å². The van der Waals surface area contributed by atoms with Crippen LogP contribution in [0.4, 0.5) is 5.69 Å². The van der Waals surface area contributed by atoms with Crippen molar-refractivity contribution in [2.24, 2.45) is 0 Å². The lowest BCUT2D eigenvalue weighted by atomic mass is 9.89. The first kappa shape index (κ1) is 8.89. The Labute approximate surface area is 84.1 Å². The van der Waals surface area contributed by atoms with Crippen LogP contribution in [-0.4, -0.2) is 6.54 Å². The van der Waals surface area contributed by atoms with E-state index >= 15 is 0 Å². The van der Waals surface area contributed by atoms with E-state index < -0.39 is 0 Å². The summed E-state index contributed by atoms with van der Waals surface area (Å²) in [6.45, 7) is 3.32. The summed E-state index contributed by atoms with van der Waals surface area (Å²) in [5, 5.41) is 4.21. The molecule has 0 aliphatic carbocycles. The first-order valence-corrected chi connectivity index (χ1v) is 5.22. The maximum atomic E-state index is 5.93. The fourth-order valence-electron chi connectivity index (χ4n) is 2.00. The average Bonchev–Trinajstić information content (AvgIpc) is 2.16. The van der Waals surface area contributed by atoms with Crippen LogP contribution in [0.1, 0.15) is 31.2 Å². The number of fused-ring (bicyclic) bond motifs is 1. The Morgan fingerprint density at radius 2 is 2.38 bits per heavy atom. The number of nitrogens with one attached hydrogen (secondary N) is 1. The second-order valence-electron chi connectivity index (χ2n) is 3.55. The molecule has 0 amide bonds. The minimum absolute atomic E-state index is 0.716. The van der Waals surface area contributed by atoms with Crippen LogP contribution in [-0.2, 0) is 0 Å². The van der Waals surface area contributed by atoms with Gasteiger partial charge in [0.05, 0.1) is 0 Å². The molecular weight excluding hydrogens is 182 g/mol. The van der Waals surface area contributed by atoms with Crippen LogP contribution in [0.5, 0.6) is 0 Å². The zero-order chi connectivity index (χ0) is 9.26. The van der Waals surface area contributed by atoms with Gasteiger partial charge in [-0.15, -0.1) is 0 Å². The van der Waals surface area contributed by atoms with Gasteiger partial charge in [-0.05, 0) is 36.5 Å². The molecule has 13 heavy (non-hydrogen) atoms. The molecule has 0 radical (unpaired) electrons. The lowest BCUT2D eigenvalue weighted by Gasteiger charge is -2.25. The van der Waals surface area contributed by atoms with Crippen LogP contribution in [0, 0.1) is 0 Å². The summed E-state index contributed by atoms with van der Waals surface area (Å²) in [4.78, 5) is 0. The minimum Gasteiger partial charge on any atom is -0.385 e. The van der Waals surface area contributed by atoms with Gasteiger partial charge < -0.3 is 5.32 Å². The fraction of sp³-hybridized carbons (Fsp3) is 0.455. The molecule has 0 unspecified atom stereocenters. The van der Waals surface area contributed by atoms with Gasteiger partial charge in [0.25, 0.3) is 0 Å². The van der Waals surface area contributed by atoms with E-state index in [0.29, 0.717) is 5.92 Å². The molecule has 1 aliphatic rings. The molecule has 1 aliphatic heterocycles. The number of halogens is 1. The molecule has 0 saturated carbocycles. The van der Waals surface area contributed by atoms with Crippen molar-refractivity contribution in [3.05, 3.63) is 28.8 Å². The van der Waals surface area contributed by atoms with Gasteiger partial charge in [0, 0.05) is 17.3 Å². The van der Waals surface area contributed by atoms with Crippen molar-refractivity contribution in [1.82, 2.24) is 0 Å². The molecule has 0 spiro atoms. The van der Waals surface area contributed by atoms with Gasteiger partial charge in [-0.3, -0.25) is 0 Å². The van der Waals surface area contributed by atoms with E-state index in [1.165, 1.54) is 24.1 Å². The molecular formula is C11H14ClN. The van der Waals surface area contributed by atoms with Crippen molar-refractivity contribution in [1.29, 1.82) is 0 Å². The molecule has 1 nitrogen and oxygen atoms in total. The lowest BCUT2D eigenvalue weighted by Crippen LogP contribution is -2.16. The van der Waals surface area contributed by atoms with Crippen molar-refractivity contribution in [2.45, 2.75) is 25.7 Å². The number of hydrogen-bond acceptors (Lipinski definition) is 1. The molecule has 2 rings (SSSR count). The third-order valence-electron chi connectivity index (χ3n) is 2.76. The van der Waals surface area contributed by atoms with Gasteiger partial charge in [-0.25, -0.2) is 0 Å². The van der Waals surface area contributed by atoms with Crippen molar-refractivity contribution >= 4 is 17.3 Å². The Hall–Kier alpha value is -0.690. The molecule has 1 N–H and O–H groups in total. The summed E-state index contributed by atoms with van der Waals surface area (Å²) in [7, 11) is 0. The van der Waals surface area contributed by atoms with E-state index in [-0.39, 0.29) is 0 Å². The first-order valence-electron chi connectivity index (χ1n) is 4.84. The van der Waals surface area contributed by atoms with Crippen LogP contribution in [0.3, 0.4) is 0 Å². The number of anilines is 1. The molecule has 0 aromatic heterocycles. The largest absolute Gasteiger partial charge is 0.385 e. The predicted molar refractivity (Wildman–Crippen MR) is 57.6 cm³/mol. The summed E-state index contributed by atoms with van der Waals surface area (Å²) in [5.41, 5.74) is 2.66. The van der Waals surface area contributed by atoms with Crippen LogP contribution in [0.25, 0.3) is 0 Å². The molecule has 1 atom stereocenters. The van der Waals surface area contributed by atoms with Crippen LogP contribution >= 0.6 is 11.6 Å². The first-order chi connectivity index (χ1) is 6.31. The third-order valence-corrected chi connectivity index (χ3v) is 2.99. The summed E-state index contributed by atoms with van der Waals surface area (Å²) >= 11 is 5.93. The smallest absolute Gasteiger partial charge is 0.0426 e. The maximum Gasteiger partial charge on any atom is 0.0426 e. The number of hydrogen-bond donors (Lipinski definition) is 1. The standard InChI is InChI=1S/C11H14ClN/c1-2-8-5-6-13-11-7-9(12)3-4-10(8)11/h3-4,7-8,13H,2,5-6H2,1H3/t8-/m1/s1.